The van der Waals surface area contributed by atoms with Gasteiger partial charge >= 0.3 is 0 Å². The van der Waals surface area contributed by atoms with Crippen LogP contribution in [-0.4, -0.2) is 60.9 Å². The zero-order valence-corrected chi connectivity index (χ0v) is 15.1. The number of morpholine rings is 1. The fraction of sp³-hybridized carbons (Fsp3) is 0.500. The van der Waals surface area contributed by atoms with E-state index in [1.807, 2.05) is 24.3 Å². The van der Waals surface area contributed by atoms with E-state index in [0.717, 1.165) is 55.7 Å². The van der Waals surface area contributed by atoms with Gasteiger partial charge in [0.2, 0.25) is 0 Å². The van der Waals surface area contributed by atoms with Crippen LogP contribution >= 0.6 is 0 Å². The summed E-state index contributed by atoms with van der Waals surface area (Å²) in [5, 5.41) is 10.4. The number of nitrogens with two attached hydrogens (primary N) is 1. The zero-order valence-electron chi connectivity index (χ0n) is 15.1. The van der Waals surface area contributed by atoms with Crippen LogP contribution in [-0.2, 0) is 4.74 Å². The van der Waals surface area contributed by atoms with Crippen molar-refractivity contribution in [2.24, 2.45) is 5.73 Å². The van der Waals surface area contributed by atoms with Crippen LogP contribution in [0.1, 0.15) is 18.9 Å². The van der Waals surface area contributed by atoms with Gasteiger partial charge in [0.1, 0.15) is 6.07 Å². The van der Waals surface area contributed by atoms with E-state index in [1.54, 1.807) is 6.20 Å². The van der Waals surface area contributed by atoms with E-state index < -0.39 is 0 Å². The van der Waals surface area contributed by atoms with Crippen LogP contribution in [0.2, 0.25) is 0 Å². The van der Waals surface area contributed by atoms with Crippen molar-refractivity contribution < 1.29 is 4.74 Å². The average Bonchev–Trinajstić information content (AvgIpc) is 3.05. The molecular formula is C20H25N5O. The van der Waals surface area contributed by atoms with Crippen LogP contribution in [0.5, 0.6) is 0 Å². The van der Waals surface area contributed by atoms with E-state index in [-0.39, 0.29) is 12.2 Å². The molecule has 2 N–H and O–H groups in total. The second kappa shape index (κ2) is 7.20. The molecule has 6 nitrogen and oxygen atoms in total. The Morgan fingerprint density at radius 1 is 1.31 bits per heavy atom. The number of nitrogens with zero attached hydrogens (tertiary/aromatic N) is 4. The van der Waals surface area contributed by atoms with E-state index in [1.165, 1.54) is 0 Å². The minimum atomic E-state index is 0.159. The largest absolute Gasteiger partial charge is 0.370 e. The fourth-order valence-electron chi connectivity index (χ4n) is 4.18. The highest BCUT2D eigenvalue weighted by atomic mass is 16.5. The second-order valence-corrected chi connectivity index (χ2v) is 7.43. The maximum atomic E-state index is 9.36. The molecule has 0 unspecified atom stereocenters. The highest BCUT2D eigenvalue weighted by Crippen LogP contribution is 2.30. The Balaban J connectivity index is 1.59. The van der Waals surface area contributed by atoms with Gasteiger partial charge in [-0.05, 0) is 44.2 Å². The average molecular weight is 351 g/mol. The van der Waals surface area contributed by atoms with Crippen molar-refractivity contribution >= 4 is 16.6 Å². The van der Waals surface area contributed by atoms with Gasteiger partial charge in [-0.2, -0.15) is 5.26 Å². The van der Waals surface area contributed by atoms with Crippen molar-refractivity contribution in [3.8, 4) is 6.07 Å². The molecule has 2 aliphatic rings. The highest BCUT2D eigenvalue weighted by molar-refractivity contribution is 5.95. The van der Waals surface area contributed by atoms with Crippen molar-refractivity contribution in [3.05, 3.63) is 36.0 Å². The molecule has 2 fully saturated rings. The van der Waals surface area contributed by atoms with Crippen LogP contribution in [0.3, 0.4) is 0 Å². The molecule has 1 aromatic heterocycles. The van der Waals surface area contributed by atoms with E-state index in [0.29, 0.717) is 11.6 Å². The van der Waals surface area contributed by atoms with Crippen molar-refractivity contribution in [2.45, 2.75) is 31.6 Å². The first-order valence-corrected chi connectivity index (χ1v) is 9.30. The molecule has 136 valence electrons. The molecule has 0 radical (unpaired) electrons. The molecule has 0 aliphatic carbocycles. The molecule has 4 rings (SSSR count). The molecular weight excluding hydrogens is 326 g/mol. The van der Waals surface area contributed by atoms with Crippen LogP contribution in [0, 0.1) is 11.3 Å². The lowest BCUT2D eigenvalue weighted by molar-refractivity contribution is -0.0294. The van der Waals surface area contributed by atoms with Crippen LogP contribution < -0.4 is 10.6 Å². The molecule has 0 spiro atoms. The Morgan fingerprint density at radius 3 is 2.96 bits per heavy atom. The molecule has 6 heteroatoms. The van der Waals surface area contributed by atoms with Gasteiger partial charge in [0.15, 0.2) is 0 Å². The smallest absolute Gasteiger partial charge is 0.101 e. The summed E-state index contributed by atoms with van der Waals surface area (Å²) < 4.78 is 6.20. The molecule has 0 bridgehead atoms. The topological polar surface area (TPSA) is 78.4 Å². The SMILES string of the molecule is C[C@@H]1CN(c2ccc(C#N)c3ncccc23)C[C@H](CN2CC[C@H](N)C2)O1. The Hall–Kier alpha value is -2.20. The maximum absolute atomic E-state index is 9.36. The van der Waals surface area contributed by atoms with Gasteiger partial charge in [0.25, 0.3) is 0 Å². The number of anilines is 1. The van der Waals surface area contributed by atoms with E-state index in [2.05, 4.69) is 27.8 Å². The monoisotopic (exact) mass is 351 g/mol. The van der Waals surface area contributed by atoms with Gasteiger partial charge in [-0.15, -0.1) is 0 Å². The number of pyridine rings is 1. The van der Waals surface area contributed by atoms with Gasteiger partial charge in [0.05, 0.1) is 23.3 Å². The normalized spacial score (nSPS) is 27.0. The number of hydrogen-bond donors (Lipinski definition) is 1. The van der Waals surface area contributed by atoms with Crippen LogP contribution in [0.4, 0.5) is 5.69 Å². The molecule has 0 amide bonds. The number of aromatic nitrogens is 1. The quantitative estimate of drug-likeness (QED) is 0.907. The maximum Gasteiger partial charge on any atom is 0.101 e. The van der Waals surface area contributed by atoms with Crippen LogP contribution in [0.15, 0.2) is 30.5 Å². The number of hydrogen-bond acceptors (Lipinski definition) is 6. The summed E-state index contributed by atoms with van der Waals surface area (Å²) in [6, 6.07) is 10.4. The second-order valence-electron chi connectivity index (χ2n) is 7.43. The van der Waals surface area contributed by atoms with Gasteiger partial charge in [-0.25, -0.2) is 0 Å². The summed E-state index contributed by atoms with van der Waals surface area (Å²) in [4.78, 5) is 9.22. The van der Waals surface area contributed by atoms with Gasteiger partial charge < -0.3 is 15.4 Å². The third-order valence-corrected chi connectivity index (χ3v) is 5.30. The third-order valence-electron chi connectivity index (χ3n) is 5.30. The standard InChI is InChI=1S/C20H25N5O/c1-14-10-25(13-17(26-14)12-24-8-6-16(22)11-24)19-5-4-15(9-21)20-18(19)3-2-7-23-20/h2-5,7,14,16-17H,6,8,10-13,22H2,1H3/t14-,16+,17+/m1/s1. The van der Waals surface area contributed by atoms with Crippen molar-refractivity contribution in [2.75, 3.05) is 37.6 Å². The molecule has 3 heterocycles. The Morgan fingerprint density at radius 2 is 2.19 bits per heavy atom. The summed E-state index contributed by atoms with van der Waals surface area (Å²) in [5.41, 5.74) is 8.56. The summed E-state index contributed by atoms with van der Waals surface area (Å²) in [6.07, 6.45) is 3.13. The molecule has 2 aromatic rings. The molecule has 2 aliphatic heterocycles. The van der Waals surface area contributed by atoms with Gasteiger partial charge in [0, 0.05) is 49.5 Å². The number of fused-ring (bicyclic) bond motifs is 1. The van der Waals surface area contributed by atoms with Crippen molar-refractivity contribution in [1.82, 2.24) is 9.88 Å². The number of likely N-dealkylation sites (tertiary alicyclic amines) is 1. The summed E-state index contributed by atoms with van der Waals surface area (Å²) in [5.74, 6) is 0. The molecule has 3 atom stereocenters. The lowest BCUT2D eigenvalue weighted by atomic mass is 10.1. The first kappa shape index (κ1) is 17.2. The Bertz CT molecular complexity index is 833. The zero-order chi connectivity index (χ0) is 18.1. The molecule has 1 aromatic carbocycles. The van der Waals surface area contributed by atoms with E-state index in [4.69, 9.17) is 10.5 Å². The van der Waals surface area contributed by atoms with Crippen LogP contribution in [0.25, 0.3) is 10.9 Å². The number of nitriles is 1. The minimum absolute atomic E-state index is 0.159. The fourth-order valence-corrected chi connectivity index (χ4v) is 4.18. The summed E-state index contributed by atoms with van der Waals surface area (Å²) in [6.45, 7) is 6.73. The Labute approximate surface area is 154 Å². The Kier molecular flexibility index (Phi) is 4.77. The first-order chi connectivity index (χ1) is 12.6. The number of benzene rings is 1. The number of ether oxygens (including phenoxy) is 1. The van der Waals surface area contributed by atoms with Gasteiger partial charge in [-0.1, -0.05) is 0 Å². The van der Waals surface area contributed by atoms with E-state index in [9.17, 15) is 5.26 Å². The van der Waals surface area contributed by atoms with Crippen molar-refractivity contribution in [3.63, 3.8) is 0 Å². The first-order valence-electron chi connectivity index (χ1n) is 9.30. The summed E-state index contributed by atoms with van der Waals surface area (Å²) >= 11 is 0. The lowest BCUT2D eigenvalue weighted by Crippen LogP contribution is -2.50. The van der Waals surface area contributed by atoms with E-state index >= 15 is 0 Å². The number of rotatable bonds is 3. The predicted octanol–water partition coefficient (Wildman–Crippen LogP) is 1.73. The van der Waals surface area contributed by atoms with Gasteiger partial charge in [-0.3, -0.25) is 9.88 Å². The summed E-state index contributed by atoms with van der Waals surface area (Å²) in [7, 11) is 0. The van der Waals surface area contributed by atoms with Crippen molar-refractivity contribution in [1.29, 1.82) is 5.26 Å². The third kappa shape index (κ3) is 3.38. The minimum Gasteiger partial charge on any atom is -0.370 e. The predicted molar refractivity (Wildman–Crippen MR) is 102 cm³/mol. The molecule has 26 heavy (non-hydrogen) atoms. The lowest BCUT2D eigenvalue weighted by Gasteiger charge is -2.40. The molecule has 2 saturated heterocycles. The highest BCUT2D eigenvalue weighted by Gasteiger charge is 2.30. The molecule has 0 saturated carbocycles.